The number of carboxylic acids is 1. The van der Waals surface area contributed by atoms with Crippen molar-refractivity contribution >= 4 is 34.0 Å². The van der Waals surface area contributed by atoms with Crippen LogP contribution in [-0.2, 0) is 4.79 Å². The quantitative estimate of drug-likeness (QED) is 0.641. The van der Waals surface area contributed by atoms with E-state index in [0.717, 1.165) is 0 Å². The van der Waals surface area contributed by atoms with Crippen LogP contribution < -0.4 is 10.6 Å². The van der Waals surface area contributed by atoms with Crippen molar-refractivity contribution in [1.82, 2.24) is 10.3 Å². The van der Waals surface area contributed by atoms with E-state index in [2.05, 4.69) is 15.6 Å². The van der Waals surface area contributed by atoms with Gasteiger partial charge in [0, 0.05) is 22.8 Å². The first-order valence-corrected chi connectivity index (χ1v) is 7.33. The van der Waals surface area contributed by atoms with Gasteiger partial charge in [0.2, 0.25) is 0 Å². The van der Waals surface area contributed by atoms with Crippen molar-refractivity contribution in [3.8, 4) is 0 Å². The number of aliphatic carboxylic acids is 1. The normalized spacial score (nSPS) is 13.2. The maximum absolute atomic E-state index is 12.1. The smallest absolute Gasteiger partial charge is 0.328 e. The van der Waals surface area contributed by atoms with Crippen molar-refractivity contribution in [3.63, 3.8) is 0 Å². The highest BCUT2D eigenvalue weighted by molar-refractivity contribution is 7.13. The predicted octanol–water partition coefficient (Wildman–Crippen LogP) is 1.45. The van der Waals surface area contributed by atoms with Gasteiger partial charge in [0.15, 0.2) is 11.2 Å². The lowest BCUT2D eigenvalue weighted by Crippen LogP contribution is -2.47. The molecule has 1 aromatic heterocycles. The zero-order valence-corrected chi connectivity index (χ0v) is 12.5. The first kappa shape index (κ1) is 15.9. The molecule has 0 spiro atoms. The molecule has 0 bridgehead atoms. The molecule has 7 nitrogen and oxygen atoms in total. The van der Waals surface area contributed by atoms with Crippen LogP contribution in [0.5, 0.6) is 0 Å². The number of hydrogen-bond acceptors (Lipinski definition) is 6. The standard InChI is InChI=1S/C14H15N3O4S/c1-8(18)11(13(20)21)17-12(19)9-3-2-4-10(7-9)16-14-15-5-6-22-14/h2-8,11,18H,1H3,(H,15,16)(H,17,19)(H,20,21). The average Bonchev–Trinajstić information content (AvgIpc) is 2.97. The topological polar surface area (TPSA) is 112 Å². The third-order valence-corrected chi connectivity index (χ3v) is 3.53. The molecular formula is C14H15N3O4S. The van der Waals surface area contributed by atoms with Gasteiger partial charge < -0.3 is 20.8 Å². The molecule has 2 unspecified atom stereocenters. The van der Waals surface area contributed by atoms with E-state index in [1.54, 1.807) is 30.5 Å². The van der Waals surface area contributed by atoms with Crippen LogP contribution >= 0.6 is 11.3 Å². The maximum atomic E-state index is 12.1. The molecule has 4 N–H and O–H groups in total. The Morgan fingerprint density at radius 2 is 2.14 bits per heavy atom. The first-order valence-electron chi connectivity index (χ1n) is 6.45. The molecule has 1 heterocycles. The second kappa shape index (κ2) is 7.01. The second-order valence-corrected chi connectivity index (χ2v) is 5.47. The van der Waals surface area contributed by atoms with Gasteiger partial charge in [-0.25, -0.2) is 9.78 Å². The number of thiazole rings is 1. The number of benzene rings is 1. The first-order chi connectivity index (χ1) is 10.5. The molecule has 0 saturated carbocycles. The number of aromatic nitrogens is 1. The highest BCUT2D eigenvalue weighted by atomic mass is 32.1. The van der Waals surface area contributed by atoms with Crippen molar-refractivity contribution < 1.29 is 19.8 Å². The molecule has 22 heavy (non-hydrogen) atoms. The zero-order chi connectivity index (χ0) is 16.1. The van der Waals surface area contributed by atoms with Crippen molar-refractivity contribution in [2.45, 2.75) is 19.1 Å². The van der Waals surface area contributed by atoms with Crippen LogP contribution in [0.4, 0.5) is 10.8 Å². The minimum Gasteiger partial charge on any atom is -0.480 e. The third-order valence-electron chi connectivity index (χ3n) is 2.84. The fourth-order valence-corrected chi connectivity index (χ4v) is 2.31. The van der Waals surface area contributed by atoms with Gasteiger partial charge in [-0.1, -0.05) is 6.07 Å². The monoisotopic (exact) mass is 321 g/mol. The maximum Gasteiger partial charge on any atom is 0.328 e. The third kappa shape index (κ3) is 4.03. The summed E-state index contributed by atoms with van der Waals surface area (Å²) in [6.07, 6.45) is 0.460. The Bertz CT molecular complexity index is 658. The number of anilines is 2. The average molecular weight is 321 g/mol. The summed E-state index contributed by atoms with van der Waals surface area (Å²) in [5.74, 6) is -1.86. The summed E-state index contributed by atoms with van der Waals surface area (Å²) < 4.78 is 0. The zero-order valence-electron chi connectivity index (χ0n) is 11.7. The fraction of sp³-hybridized carbons (Fsp3) is 0.214. The van der Waals surface area contributed by atoms with Crippen molar-refractivity contribution in [3.05, 3.63) is 41.4 Å². The van der Waals surface area contributed by atoms with E-state index in [-0.39, 0.29) is 5.56 Å². The van der Waals surface area contributed by atoms with E-state index in [1.807, 2.05) is 5.38 Å². The molecule has 0 radical (unpaired) electrons. The summed E-state index contributed by atoms with van der Waals surface area (Å²) in [5, 5.41) is 26.2. The van der Waals surface area contributed by atoms with Crippen molar-refractivity contribution in [2.24, 2.45) is 0 Å². The molecule has 2 aromatic rings. The lowest BCUT2D eigenvalue weighted by molar-refractivity contribution is -0.141. The highest BCUT2D eigenvalue weighted by Crippen LogP contribution is 2.19. The number of carbonyl (C=O) groups is 2. The molecule has 2 atom stereocenters. The fourth-order valence-electron chi connectivity index (χ4n) is 1.76. The number of hydrogen-bond donors (Lipinski definition) is 4. The Balaban J connectivity index is 2.11. The largest absolute Gasteiger partial charge is 0.480 e. The van der Waals surface area contributed by atoms with E-state index >= 15 is 0 Å². The lowest BCUT2D eigenvalue weighted by atomic mass is 10.1. The molecule has 0 fully saturated rings. The van der Waals surface area contributed by atoms with E-state index in [9.17, 15) is 14.7 Å². The second-order valence-electron chi connectivity index (χ2n) is 4.57. The van der Waals surface area contributed by atoms with Gasteiger partial charge in [-0.3, -0.25) is 4.79 Å². The van der Waals surface area contributed by atoms with Crippen LogP contribution in [0.3, 0.4) is 0 Å². The predicted molar refractivity (Wildman–Crippen MR) is 82.4 cm³/mol. The van der Waals surface area contributed by atoms with Crippen molar-refractivity contribution in [1.29, 1.82) is 0 Å². The molecule has 116 valence electrons. The Morgan fingerprint density at radius 1 is 1.36 bits per heavy atom. The van der Waals surface area contributed by atoms with Crippen LogP contribution in [0.1, 0.15) is 17.3 Å². The number of carboxylic acid groups (broad SMARTS) is 1. The molecule has 1 amide bonds. The Morgan fingerprint density at radius 3 is 2.73 bits per heavy atom. The summed E-state index contributed by atoms with van der Waals surface area (Å²) in [6, 6.07) is 5.22. The van der Waals surface area contributed by atoms with Crippen LogP contribution in [-0.4, -0.2) is 39.2 Å². The van der Waals surface area contributed by atoms with Gasteiger partial charge in [0.25, 0.3) is 5.91 Å². The minimum absolute atomic E-state index is 0.286. The molecule has 0 aliphatic carbocycles. The van der Waals surface area contributed by atoms with Gasteiger partial charge >= 0.3 is 5.97 Å². The molecule has 8 heteroatoms. The Labute approximate surface area is 130 Å². The van der Waals surface area contributed by atoms with Gasteiger partial charge in [-0.2, -0.15) is 0 Å². The van der Waals surface area contributed by atoms with Crippen LogP contribution in [0.2, 0.25) is 0 Å². The number of aliphatic hydroxyl groups is 1. The van der Waals surface area contributed by atoms with E-state index < -0.39 is 24.0 Å². The summed E-state index contributed by atoms with van der Waals surface area (Å²) in [5.41, 5.74) is 0.944. The van der Waals surface area contributed by atoms with Crippen LogP contribution in [0.15, 0.2) is 35.8 Å². The lowest BCUT2D eigenvalue weighted by Gasteiger charge is -2.17. The van der Waals surface area contributed by atoms with Crippen molar-refractivity contribution in [2.75, 3.05) is 5.32 Å². The van der Waals surface area contributed by atoms with Crippen LogP contribution in [0.25, 0.3) is 0 Å². The Hall–Kier alpha value is -2.45. The van der Waals surface area contributed by atoms with Gasteiger partial charge in [-0.05, 0) is 25.1 Å². The van der Waals surface area contributed by atoms with Gasteiger partial charge in [0.05, 0.1) is 6.10 Å². The summed E-state index contributed by atoms with van der Waals surface area (Å²) in [7, 11) is 0. The highest BCUT2D eigenvalue weighted by Gasteiger charge is 2.25. The van der Waals surface area contributed by atoms with Crippen LogP contribution in [0, 0.1) is 0 Å². The number of rotatable bonds is 6. The summed E-state index contributed by atoms with van der Waals surface area (Å²) in [6.45, 7) is 1.31. The number of nitrogens with one attached hydrogen (secondary N) is 2. The van der Waals surface area contributed by atoms with E-state index in [4.69, 9.17) is 5.11 Å². The van der Waals surface area contributed by atoms with E-state index in [1.165, 1.54) is 18.3 Å². The van der Waals surface area contributed by atoms with Gasteiger partial charge in [0.1, 0.15) is 0 Å². The minimum atomic E-state index is -1.36. The molecule has 2 rings (SSSR count). The Kier molecular flexibility index (Phi) is 5.08. The molecular weight excluding hydrogens is 306 g/mol. The SMILES string of the molecule is CC(O)C(NC(=O)c1cccc(Nc2nccs2)c1)C(=O)O. The molecule has 0 saturated heterocycles. The van der Waals surface area contributed by atoms with Gasteiger partial charge in [-0.15, -0.1) is 11.3 Å². The summed E-state index contributed by atoms with van der Waals surface area (Å²) in [4.78, 5) is 27.2. The van der Waals surface area contributed by atoms with E-state index in [0.29, 0.717) is 10.8 Å². The number of nitrogens with zero attached hydrogens (tertiary/aromatic N) is 1. The number of aliphatic hydroxyl groups excluding tert-OH is 1. The molecule has 0 aliphatic rings. The molecule has 1 aromatic carbocycles. The summed E-state index contributed by atoms with van der Waals surface area (Å²) >= 11 is 1.42. The molecule has 0 aliphatic heterocycles. The number of amides is 1. The number of carbonyl (C=O) groups excluding carboxylic acids is 1.